The van der Waals surface area contributed by atoms with Crippen LogP contribution >= 0.6 is 0 Å². The summed E-state index contributed by atoms with van der Waals surface area (Å²) in [6.07, 6.45) is 19.6. The van der Waals surface area contributed by atoms with Gasteiger partial charge in [0.05, 0.1) is 6.20 Å². The number of allylic oxidation sites excluding steroid dienone is 5. The van der Waals surface area contributed by atoms with Crippen LogP contribution in [0.4, 0.5) is 0 Å². The van der Waals surface area contributed by atoms with Crippen LogP contribution in [0.15, 0.2) is 60.1 Å². The minimum absolute atomic E-state index is 0.252. The third-order valence-corrected chi connectivity index (χ3v) is 6.99. The molecule has 0 saturated heterocycles. The van der Waals surface area contributed by atoms with Gasteiger partial charge in [0.2, 0.25) is 0 Å². The zero-order valence-electron chi connectivity index (χ0n) is 18.8. The van der Waals surface area contributed by atoms with Crippen molar-refractivity contribution in [1.82, 2.24) is 19.9 Å². The second kappa shape index (κ2) is 8.89. The lowest BCUT2D eigenvalue weighted by atomic mass is 9.68. The van der Waals surface area contributed by atoms with Crippen LogP contribution in [0.5, 0.6) is 0 Å². The molecule has 2 aliphatic rings. The molecule has 1 N–H and O–H groups in total. The van der Waals surface area contributed by atoms with E-state index >= 15 is 0 Å². The minimum atomic E-state index is 0.252. The van der Waals surface area contributed by atoms with Crippen LogP contribution in [0.2, 0.25) is 0 Å². The molecule has 1 saturated carbocycles. The van der Waals surface area contributed by atoms with E-state index in [1.807, 2.05) is 16.8 Å². The zero-order valence-corrected chi connectivity index (χ0v) is 18.8. The van der Waals surface area contributed by atoms with E-state index in [1.165, 1.54) is 54.4 Å². The van der Waals surface area contributed by atoms with Crippen molar-refractivity contribution in [2.75, 3.05) is 0 Å². The minimum Gasteiger partial charge on any atom is -0.310 e. The molecule has 0 bridgehead atoms. The highest BCUT2D eigenvalue weighted by atomic mass is 15.2. The van der Waals surface area contributed by atoms with E-state index in [-0.39, 0.29) is 5.41 Å². The summed E-state index contributed by atoms with van der Waals surface area (Å²) in [5.41, 5.74) is 6.42. The van der Waals surface area contributed by atoms with E-state index in [0.717, 1.165) is 31.0 Å². The van der Waals surface area contributed by atoms with Crippen LogP contribution in [0, 0.1) is 11.3 Å². The number of nitrogens with zero attached hydrogens (tertiary/aromatic N) is 3. The average molecular weight is 405 g/mol. The summed E-state index contributed by atoms with van der Waals surface area (Å²) >= 11 is 0. The second-order valence-corrected chi connectivity index (χ2v) is 9.61. The largest absolute Gasteiger partial charge is 0.310 e. The molecule has 2 heterocycles. The van der Waals surface area contributed by atoms with Gasteiger partial charge in [-0.05, 0) is 61.5 Å². The molecular formula is C26H36N4. The smallest absolute Gasteiger partial charge is 0.154 e. The Balaban J connectivity index is 1.43. The molecule has 0 aliphatic heterocycles. The van der Waals surface area contributed by atoms with Crippen LogP contribution in [-0.4, -0.2) is 20.6 Å². The third kappa shape index (κ3) is 4.59. The number of rotatable bonds is 7. The summed E-state index contributed by atoms with van der Waals surface area (Å²) < 4.78 is 1.86. The highest BCUT2D eigenvalue weighted by Gasteiger charge is 2.33. The molecule has 3 atom stereocenters. The Kier molecular flexibility index (Phi) is 6.24. The number of nitrogens with one attached hydrogen (secondary N) is 1. The normalized spacial score (nSPS) is 27.0. The molecule has 4 heteroatoms. The first kappa shape index (κ1) is 21.0. The molecule has 1 fully saturated rings. The fourth-order valence-electron chi connectivity index (χ4n) is 5.42. The highest BCUT2D eigenvalue weighted by molar-refractivity contribution is 5.47. The summed E-state index contributed by atoms with van der Waals surface area (Å²) in [5.74, 6) is 0.722. The molecular weight excluding hydrogens is 368 g/mol. The van der Waals surface area contributed by atoms with Gasteiger partial charge in [-0.15, -0.1) is 0 Å². The highest BCUT2D eigenvalue weighted by Crippen LogP contribution is 2.43. The average Bonchev–Trinajstić information content (AvgIpc) is 3.20. The van der Waals surface area contributed by atoms with Gasteiger partial charge in [0, 0.05) is 36.6 Å². The van der Waals surface area contributed by atoms with Gasteiger partial charge in [-0.1, -0.05) is 51.0 Å². The van der Waals surface area contributed by atoms with E-state index in [2.05, 4.69) is 61.1 Å². The van der Waals surface area contributed by atoms with Crippen molar-refractivity contribution in [3.05, 3.63) is 65.7 Å². The van der Waals surface area contributed by atoms with Crippen LogP contribution in [0.3, 0.4) is 0 Å². The molecule has 0 amide bonds. The summed E-state index contributed by atoms with van der Waals surface area (Å²) in [4.78, 5) is 4.51. The predicted molar refractivity (Wildman–Crippen MR) is 124 cm³/mol. The fourth-order valence-corrected chi connectivity index (χ4v) is 5.42. The summed E-state index contributed by atoms with van der Waals surface area (Å²) in [5, 5.41) is 8.19. The Hall–Kier alpha value is -2.20. The monoisotopic (exact) mass is 404 g/mol. The Morgan fingerprint density at radius 2 is 2.17 bits per heavy atom. The van der Waals surface area contributed by atoms with E-state index < -0.39 is 0 Å². The lowest BCUT2D eigenvalue weighted by Gasteiger charge is -2.40. The zero-order chi connectivity index (χ0) is 21.1. The van der Waals surface area contributed by atoms with Crippen LogP contribution in [-0.2, 0) is 6.54 Å². The maximum absolute atomic E-state index is 4.51. The van der Waals surface area contributed by atoms with E-state index in [0.29, 0.717) is 6.04 Å². The van der Waals surface area contributed by atoms with Gasteiger partial charge in [-0.2, -0.15) is 5.10 Å². The number of hydrogen-bond donors (Lipinski definition) is 1. The summed E-state index contributed by atoms with van der Waals surface area (Å²) in [6, 6.07) is 2.51. The number of aromatic nitrogens is 3. The van der Waals surface area contributed by atoms with Gasteiger partial charge < -0.3 is 5.32 Å². The molecule has 2 aliphatic carbocycles. The van der Waals surface area contributed by atoms with Crippen molar-refractivity contribution in [2.45, 2.75) is 78.3 Å². The van der Waals surface area contributed by atoms with Gasteiger partial charge in [-0.3, -0.25) is 0 Å². The maximum atomic E-state index is 4.51. The van der Waals surface area contributed by atoms with Crippen LogP contribution in [0.25, 0.3) is 5.65 Å². The van der Waals surface area contributed by atoms with Crippen molar-refractivity contribution in [2.24, 2.45) is 11.3 Å². The maximum Gasteiger partial charge on any atom is 0.154 e. The molecule has 3 unspecified atom stereocenters. The fraction of sp³-hybridized carbons (Fsp3) is 0.538. The third-order valence-electron chi connectivity index (χ3n) is 6.99. The molecule has 2 aromatic heterocycles. The molecule has 0 aromatic carbocycles. The van der Waals surface area contributed by atoms with Crippen molar-refractivity contribution in [3.63, 3.8) is 0 Å². The van der Waals surface area contributed by atoms with Crippen molar-refractivity contribution >= 4 is 5.65 Å². The first-order valence-corrected chi connectivity index (χ1v) is 11.6. The molecule has 4 rings (SSSR count). The molecule has 0 spiro atoms. The Bertz CT molecular complexity index is 966. The number of hydrogen-bond acceptors (Lipinski definition) is 3. The Morgan fingerprint density at radius 1 is 1.33 bits per heavy atom. The first-order chi connectivity index (χ1) is 14.5. The summed E-state index contributed by atoms with van der Waals surface area (Å²) in [6.45, 7) is 11.9. The summed E-state index contributed by atoms with van der Waals surface area (Å²) in [7, 11) is 0. The molecule has 30 heavy (non-hydrogen) atoms. The lowest BCUT2D eigenvalue weighted by molar-refractivity contribution is 0.192. The Morgan fingerprint density at radius 3 is 2.97 bits per heavy atom. The van der Waals surface area contributed by atoms with Crippen molar-refractivity contribution < 1.29 is 0 Å². The van der Waals surface area contributed by atoms with Gasteiger partial charge in [0.1, 0.15) is 0 Å². The van der Waals surface area contributed by atoms with E-state index in [4.69, 9.17) is 0 Å². The second-order valence-electron chi connectivity index (χ2n) is 9.61. The van der Waals surface area contributed by atoms with E-state index in [1.54, 1.807) is 6.20 Å². The van der Waals surface area contributed by atoms with Crippen molar-refractivity contribution in [1.29, 1.82) is 0 Å². The molecule has 4 nitrogen and oxygen atoms in total. The molecule has 2 aromatic rings. The lowest BCUT2D eigenvalue weighted by Crippen LogP contribution is -2.40. The van der Waals surface area contributed by atoms with Gasteiger partial charge >= 0.3 is 0 Å². The quantitative estimate of drug-likeness (QED) is 0.614. The standard InChI is InChI=1S/C26H36N4/c1-5-21-14-26(4,12-10-23(21)19(2)3)15-22-8-6-7-9-24(22)27-16-20-17-28-25-11-13-29-30(25)18-20/h10-11,13-14,17-18,22,24,27H,2,5-9,12,15-16H2,1,3-4H3. The molecule has 0 radical (unpaired) electrons. The SMILES string of the molecule is C=C(C)C1=CCC(C)(CC2CCCCC2NCc2cnc3ccnn3c2)C=C1CC. The van der Waals surface area contributed by atoms with Crippen LogP contribution in [0.1, 0.15) is 71.3 Å². The van der Waals surface area contributed by atoms with E-state index in [9.17, 15) is 0 Å². The topological polar surface area (TPSA) is 42.2 Å². The Labute approximate surface area is 181 Å². The van der Waals surface area contributed by atoms with Gasteiger partial charge in [-0.25, -0.2) is 9.50 Å². The van der Waals surface area contributed by atoms with Crippen LogP contribution < -0.4 is 5.32 Å². The van der Waals surface area contributed by atoms with Gasteiger partial charge in [0.25, 0.3) is 0 Å². The van der Waals surface area contributed by atoms with Crippen molar-refractivity contribution in [3.8, 4) is 0 Å². The first-order valence-electron chi connectivity index (χ1n) is 11.6. The predicted octanol–water partition coefficient (Wildman–Crippen LogP) is 6.02. The number of fused-ring (bicyclic) bond motifs is 1. The molecule has 160 valence electrons. The van der Waals surface area contributed by atoms with Gasteiger partial charge in [0.15, 0.2) is 5.65 Å².